The van der Waals surface area contributed by atoms with Crippen molar-refractivity contribution in [3.05, 3.63) is 16.8 Å². The molecule has 2 aromatic heterocycles. The smallest absolute Gasteiger partial charge is 0.348 e. The van der Waals surface area contributed by atoms with E-state index < -0.39 is 0 Å². The van der Waals surface area contributed by atoms with Crippen LogP contribution >= 0.6 is 11.3 Å². The van der Waals surface area contributed by atoms with Crippen LogP contribution in [0.3, 0.4) is 0 Å². The van der Waals surface area contributed by atoms with Crippen LogP contribution in [-0.4, -0.2) is 48.2 Å². The first-order valence-corrected chi connectivity index (χ1v) is 8.30. The topological polar surface area (TPSA) is 67.3 Å². The van der Waals surface area contributed by atoms with Gasteiger partial charge in [0.15, 0.2) is 0 Å². The Labute approximate surface area is 133 Å². The normalized spacial score (nSPS) is 15.5. The Kier molecular flexibility index (Phi) is 4.26. The van der Waals surface area contributed by atoms with E-state index in [9.17, 15) is 4.79 Å². The highest BCUT2D eigenvalue weighted by atomic mass is 32.1. The highest BCUT2D eigenvalue weighted by Gasteiger charge is 2.23. The Bertz CT molecular complexity index is 692. The number of rotatable bonds is 3. The number of esters is 1. The molecule has 0 atom stereocenters. The average Bonchev–Trinajstić information content (AvgIpc) is 2.85. The lowest BCUT2D eigenvalue weighted by molar-refractivity contribution is 0.0383. The number of anilines is 1. The molecule has 3 rings (SSSR count). The second-order valence-corrected chi connectivity index (χ2v) is 6.62. The van der Waals surface area contributed by atoms with Crippen LogP contribution in [0.4, 0.5) is 5.82 Å². The second-order valence-electron chi connectivity index (χ2n) is 5.62. The predicted molar refractivity (Wildman–Crippen MR) is 87.8 cm³/mol. The van der Waals surface area contributed by atoms with Crippen LogP contribution in [0, 0.1) is 6.92 Å². The van der Waals surface area contributed by atoms with Crippen LogP contribution in [0.5, 0.6) is 0 Å². The van der Waals surface area contributed by atoms with Gasteiger partial charge in [-0.1, -0.05) is 0 Å². The van der Waals surface area contributed by atoms with Crippen LogP contribution < -0.4 is 10.2 Å². The zero-order chi connectivity index (χ0) is 15.7. The molecule has 0 aliphatic carbocycles. The summed E-state index contributed by atoms with van der Waals surface area (Å²) in [6.45, 7) is 9.36. The quantitative estimate of drug-likeness (QED) is 0.872. The molecule has 7 heteroatoms. The molecule has 0 spiro atoms. The minimum absolute atomic E-state index is 0.129. The standard InChI is InChI=1S/C15H20N4O2S/c1-9(2)21-15(20)12-10(3)11-13(17-8-18-14(11)22-12)19-6-4-16-5-7-19/h8-9,16H,4-7H2,1-3H3. The van der Waals surface area contributed by atoms with E-state index in [2.05, 4.69) is 20.2 Å². The Morgan fingerprint density at radius 3 is 2.77 bits per heavy atom. The molecule has 1 fully saturated rings. The van der Waals surface area contributed by atoms with Gasteiger partial charge in [0.25, 0.3) is 0 Å². The number of fused-ring (bicyclic) bond motifs is 1. The van der Waals surface area contributed by atoms with Gasteiger partial charge in [0, 0.05) is 26.2 Å². The Morgan fingerprint density at radius 2 is 2.09 bits per heavy atom. The van der Waals surface area contributed by atoms with E-state index in [1.54, 1.807) is 6.33 Å². The van der Waals surface area contributed by atoms with Crippen molar-refractivity contribution in [2.45, 2.75) is 26.9 Å². The molecule has 3 heterocycles. The fraction of sp³-hybridized carbons (Fsp3) is 0.533. The Hall–Kier alpha value is -1.73. The molecule has 0 saturated carbocycles. The third kappa shape index (κ3) is 2.78. The fourth-order valence-corrected chi connectivity index (χ4v) is 3.66. The molecule has 22 heavy (non-hydrogen) atoms. The molecule has 1 saturated heterocycles. The van der Waals surface area contributed by atoms with Crippen LogP contribution in [0.15, 0.2) is 6.33 Å². The molecule has 0 radical (unpaired) electrons. The molecule has 1 aliphatic rings. The maximum atomic E-state index is 12.2. The molecule has 0 amide bonds. The summed E-state index contributed by atoms with van der Waals surface area (Å²) >= 11 is 1.38. The molecule has 0 aromatic carbocycles. The molecule has 1 aliphatic heterocycles. The number of hydrogen-bond acceptors (Lipinski definition) is 7. The zero-order valence-corrected chi connectivity index (χ0v) is 13.9. The summed E-state index contributed by atoms with van der Waals surface area (Å²) in [4.78, 5) is 24.8. The molecule has 0 unspecified atom stereocenters. The van der Waals surface area contributed by atoms with Gasteiger partial charge in [-0.2, -0.15) is 0 Å². The number of aromatic nitrogens is 2. The lowest BCUT2D eigenvalue weighted by Gasteiger charge is -2.28. The summed E-state index contributed by atoms with van der Waals surface area (Å²) in [7, 11) is 0. The third-order valence-electron chi connectivity index (χ3n) is 3.65. The molecular weight excluding hydrogens is 300 g/mol. The van der Waals surface area contributed by atoms with Crippen LogP contribution in [0.25, 0.3) is 10.2 Å². The Morgan fingerprint density at radius 1 is 1.36 bits per heavy atom. The van der Waals surface area contributed by atoms with E-state index in [0.29, 0.717) is 4.88 Å². The number of aryl methyl sites for hydroxylation is 1. The van der Waals surface area contributed by atoms with E-state index in [1.165, 1.54) is 11.3 Å². The first-order valence-electron chi connectivity index (χ1n) is 7.48. The highest BCUT2D eigenvalue weighted by Crippen LogP contribution is 2.35. The summed E-state index contributed by atoms with van der Waals surface area (Å²) in [6, 6.07) is 0. The van der Waals surface area contributed by atoms with Crippen molar-refractivity contribution < 1.29 is 9.53 Å². The van der Waals surface area contributed by atoms with Crippen molar-refractivity contribution in [2.75, 3.05) is 31.1 Å². The van der Waals surface area contributed by atoms with Crippen LogP contribution in [0.1, 0.15) is 29.1 Å². The van der Waals surface area contributed by atoms with Crippen LogP contribution in [0.2, 0.25) is 0 Å². The van der Waals surface area contributed by atoms with Crippen molar-refractivity contribution in [1.29, 1.82) is 0 Å². The van der Waals surface area contributed by atoms with Crippen molar-refractivity contribution in [1.82, 2.24) is 15.3 Å². The van der Waals surface area contributed by atoms with Gasteiger partial charge in [-0.3, -0.25) is 0 Å². The molecular formula is C15H20N4O2S. The maximum absolute atomic E-state index is 12.2. The monoisotopic (exact) mass is 320 g/mol. The van der Waals surface area contributed by atoms with Gasteiger partial charge in [0.2, 0.25) is 0 Å². The van der Waals surface area contributed by atoms with Gasteiger partial charge in [-0.15, -0.1) is 11.3 Å². The number of thiophene rings is 1. The summed E-state index contributed by atoms with van der Waals surface area (Å²) in [5.41, 5.74) is 0.916. The second kappa shape index (κ2) is 6.18. The van der Waals surface area contributed by atoms with E-state index >= 15 is 0 Å². The van der Waals surface area contributed by atoms with Gasteiger partial charge >= 0.3 is 5.97 Å². The summed E-state index contributed by atoms with van der Waals surface area (Å²) in [6.07, 6.45) is 1.45. The van der Waals surface area contributed by atoms with E-state index in [4.69, 9.17) is 4.74 Å². The number of ether oxygens (including phenoxy) is 1. The first kappa shape index (κ1) is 15.2. The van der Waals surface area contributed by atoms with Crippen molar-refractivity contribution in [3.63, 3.8) is 0 Å². The lowest BCUT2D eigenvalue weighted by Crippen LogP contribution is -2.44. The van der Waals surface area contributed by atoms with E-state index in [0.717, 1.165) is 47.8 Å². The molecule has 6 nitrogen and oxygen atoms in total. The number of carbonyl (C=O) groups excluding carboxylic acids is 1. The summed E-state index contributed by atoms with van der Waals surface area (Å²) < 4.78 is 5.33. The van der Waals surface area contributed by atoms with E-state index in [1.807, 2.05) is 20.8 Å². The number of nitrogens with one attached hydrogen (secondary N) is 1. The first-order chi connectivity index (χ1) is 10.6. The Balaban J connectivity index is 2.04. The molecule has 118 valence electrons. The van der Waals surface area contributed by atoms with Gasteiger partial charge < -0.3 is 15.0 Å². The predicted octanol–water partition coefficient (Wildman–Crippen LogP) is 1.97. The number of hydrogen-bond donors (Lipinski definition) is 1. The number of carbonyl (C=O) groups is 1. The van der Waals surface area contributed by atoms with Gasteiger partial charge in [-0.25, -0.2) is 14.8 Å². The number of nitrogens with zero attached hydrogens (tertiary/aromatic N) is 3. The summed E-state index contributed by atoms with van der Waals surface area (Å²) in [5, 5.41) is 4.31. The third-order valence-corrected chi connectivity index (χ3v) is 4.83. The average molecular weight is 320 g/mol. The summed E-state index contributed by atoms with van der Waals surface area (Å²) in [5.74, 6) is 0.644. The fourth-order valence-electron chi connectivity index (χ4n) is 2.63. The minimum Gasteiger partial charge on any atom is -0.459 e. The van der Waals surface area contributed by atoms with Crippen molar-refractivity contribution >= 4 is 33.3 Å². The van der Waals surface area contributed by atoms with Gasteiger partial charge in [-0.05, 0) is 26.3 Å². The lowest BCUT2D eigenvalue weighted by atomic mass is 10.2. The minimum atomic E-state index is -0.276. The molecule has 1 N–H and O–H groups in total. The van der Waals surface area contributed by atoms with Gasteiger partial charge in [0.05, 0.1) is 11.5 Å². The number of piperazine rings is 1. The molecule has 0 bridgehead atoms. The van der Waals surface area contributed by atoms with E-state index in [-0.39, 0.29) is 12.1 Å². The SMILES string of the molecule is Cc1c(C(=O)OC(C)C)sc2ncnc(N3CCNCC3)c12. The highest BCUT2D eigenvalue weighted by molar-refractivity contribution is 7.20. The van der Waals surface area contributed by atoms with Gasteiger partial charge in [0.1, 0.15) is 21.9 Å². The molecule has 2 aromatic rings. The van der Waals surface area contributed by atoms with Crippen LogP contribution in [-0.2, 0) is 4.74 Å². The largest absolute Gasteiger partial charge is 0.459 e. The zero-order valence-electron chi connectivity index (χ0n) is 13.0. The van der Waals surface area contributed by atoms with Crippen molar-refractivity contribution in [3.8, 4) is 0 Å². The van der Waals surface area contributed by atoms with Crippen molar-refractivity contribution in [2.24, 2.45) is 0 Å². The maximum Gasteiger partial charge on any atom is 0.348 e.